The van der Waals surface area contributed by atoms with Gasteiger partial charge in [-0.25, -0.2) is 4.98 Å². The lowest BCUT2D eigenvalue weighted by Gasteiger charge is -2.35. The molecule has 1 unspecified atom stereocenters. The van der Waals surface area contributed by atoms with Crippen molar-refractivity contribution in [1.29, 1.82) is 0 Å². The van der Waals surface area contributed by atoms with Crippen LogP contribution in [0.25, 0.3) is 0 Å². The van der Waals surface area contributed by atoms with Crippen LogP contribution in [0.3, 0.4) is 0 Å². The van der Waals surface area contributed by atoms with E-state index in [9.17, 15) is 0 Å². The van der Waals surface area contributed by atoms with Crippen molar-refractivity contribution in [3.63, 3.8) is 0 Å². The van der Waals surface area contributed by atoms with Crippen molar-refractivity contribution in [3.8, 4) is 0 Å². The van der Waals surface area contributed by atoms with Crippen LogP contribution in [0.1, 0.15) is 23.4 Å². The molecular formula is C12H13ClN4S. The van der Waals surface area contributed by atoms with Gasteiger partial charge in [0.15, 0.2) is 5.82 Å². The first-order valence-electron chi connectivity index (χ1n) is 5.77. The van der Waals surface area contributed by atoms with E-state index in [1.807, 2.05) is 11.3 Å². The Bertz CT molecular complexity index is 583. The summed E-state index contributed by atoms with van der Waals surface area (Å²) in [7, 11) is 0. The van der Waals surface area contributed by atoms with Crippen molar-refractivity contribution in [2.24, 2.45) is 0 Å². The predicted molar refractivity (Wildman–Crippen MR) is 75.2 cm³/mol. The summed E-state index contributed by atoms with van der Waals surface area (Å²) in [5, 5.41) is 2.69. The molecule has 0 saturated heterocycles. The summed E-state index contributed by atoms with van der Waals surface area (Å²) in [6.45, 7) is 3.07. The lowest BCUT2D eigenvalue weighted by atomic mass is 10.0. The van der Waals surface area contributed by atoms with Crippen molar-refractivity contribution < 1.29 is 0 Å². The Morgan fingerprint density at radius 2 is 2.39 bits per heavy atom. The Labute approximate surface area is 114 Å². The molecule has 1 atom stereocenters. The van der Waals surface area contributed by atoms with Gasteiger partial charge in [0.05, 0.1) is 12.2 Å². The van der Waals surface area contributed by atoms with E-state index in [1.54, 1.807) is 6.20 Å². The molecule has 0 saturated carbocycles. The first-order chi connectivity index (χ1) is 8.66. The van der Waals surface area contributed by atoms with E-state index < -0.39 is 0 Å². The maximum absolute atomic E-state index is 6.18. The van der Waals surface area contributed by atoms with Crippen molar-refractivity contribution in [1.82, 2.24) is 9.97 Å². The van der Waals surface area contributed by atoms with Gasteiger partial charge in [0.1, 0.15) is 5.02 Å². The maximum atomic E-state index is 6.18. The van der Waals surface area contributed by atoms with Crippen LogP contribution in [0.4, 0.5) is 11.8 Å². The van der Waals surface area contributed by atoms with E-state index in [-0.39, 0.29) is 12.0 Å². The van der Waals surface area contributed by atoms with Gasteiger partial charge in [-0.3, -0.25) is 0 Å². The zero-order chi connectivity index (χ0) is 12.7. The zero-order valence-corrected chi connectivity index (χ0v) is 11.5. The molecule has 0 fully saturated rings. The molecule has 0 radical (unpaired) electrons. The Hall–Kier alpha value is -1.33. The van der Waals surface area contributed by atoms with Crippen LogP contribution in [-0.4, -0.2) is 16.5 Å². The SMILES string of the molecule is CC1c2ccsc2CCN1c1nc(N)ncc1Cl. The van der Waals surface area contributed by atoms with Gasteiger partial charge in [-0.05, 0) is 30.4 Å². The monoisotopic (exact) mass is 280 g/mol. The van der Waals surface area contributed by atoms with Crippen molar-refractivity contribution in [2.75, 3.05) is 17.2 Å². The van der Waals surface area contributed by atoms with Crippen LogP contribution in [0.5, 0.6) is 0 Å². The Kier molecular flexibility index (Phi) is 2.87. The van der Waals surface area contributed by atoms with Crippen molar-refractivity contribution in [2.45, 2.75) is 19.4 Å². The van der Waals surface area contributed by atoms with Crippen LogP contribution < -0.4 is 10.6 Å². The standard InChI is InChI=1S/C12H13ClN4S/c1-7-8-3-5-18-10(8)2-4-17(7)11-9(13)6-15-12(14)16-11/h3,5-7H,2,4H2,1H3,(H2,14,15,16). The molecule has 0 aromatic carbocycles. The highest BCUT2D eigenvalue weighted by molar-refractivity contribution is 7.10. The second-order valence-electron chi connectivity index (χ2n) is 4.32. The van der Waals surface area contributed by atoms with E-state index >= 15 is 0 Å². The molecular weight excluding hydrogens is 268 g/mol. The fourth-order valence-corrected chi connectivity index (χ4v) is 3.53. The molecule has 3 heterocycles. The second kappa shape index (κ2) is 4.40. The van der Waals surface area contributed by atoms with Gasteiger partial charge >= 0.3 is 0 Å². The maximum Gasteiger partial charge on any atom is 0.222 e. The number of anilines is 2. The lowest BCUT2D eigenvalue weighted by molar-refractivity contribution is 0.625. The third kappa shape index (κ3) is 1.83. The number of nitrogens with two attached hydrogens (primary N) is 1. The number of nitrogens with zero attached hydrogens (tertiary/aromatic N) is 3. The fraction of sp³-hybridized carbons (Fsp3) is 0.333. The first kappa shape index (κ1) is 11.7. The summed E-state index contributed by atoms with van der Waals surface area (Å²) >= 11 is 7.99. The van der Waals surface area contributed by atoms with Crippen molar-refractivity contribution in [3.05, 3.63) is 33.1 Å². The molecule has 18 heavy (non-hydrogen) atoms. The molecule has 2 aromatic heterocycles. The quantitative estimate of drug-likeness (QED) is 0.873. The fourth-order valence-electron chi connectivity index (χ4n) is 2.37. The summed E-state index contributed by atoms with van der Waals surface area (Å²) in [5.41, 5.74) is 7.01. The number of rotatable bonds is 1. The molecule has 0 amide bonds. The average molecular weight is 281 g/mol. The van der Waals surface area contributed by atoms with E-state index in [1.165, 1.54) is 10.4 Å². The summed E-state index contributed by atoms with van der Waals surface area (Å²) in [6, 6.07) is 2.45. The number of fused-ring (bicyclic) bond motifs is 1. The van der Waals surface area contributed by atoms with Gasteiger partial charge in [0.25, 0.3) is 0 Å². The topological polar surface area (TPSA) is 55.0 Å². The number of hydrogen-bond donors (Lipinski definition) is 1. The van der Waals surface area contributed by atoms with Crippen LogP contribution in [-0.2, 0) is 6.42 Å². The minimum Gasteiger partial charge on any atom is -0.368 e. The highest BCUT2D eigenvalue weighted by atomic mass is 35.5. The first-order valence-corrected chi connectivity index (χ1v) is 7.03. The number of hydrogen-bond acceptors (Lipinski definition) is 5. The minimum absolute atomic E-state index is 0.262. The highest BCUT2D eigenvalue weighted by Gasteiger charge is 2.27. The second-order valence-corrected chi connectivity index (χ2v) is 5.73. The Morgan fingerprint density at radius 3 is 3.22 bits per heavy atom. The molecule has 1 aliphatic heterocycles. The molecule has 94 valence electrons. The molecule has 3 rings (SSSR count). The zero-order valence-electron chi connectivity index (χ0n) is 9.93. The van der Waals surface area contributed by atoms with Crippen molar-refractivity contribution >= 4 is 34.7 Å². The van der Waals surface area contributed by atoms with E-state index in [0.717, 1.165) is 18.8 Å². The molecule has 0 aliphatic carbocycles. The number of halogens is 1. The van der Waals surface area contributed by atoms with Gasteiger partial charge in [-0.1, -0.05) is 11.6 Å². The summed E-state index contributed by atoms with van der Waals surface area (Å²) in [5.74, 6) is 0.992. The minimum atomic E-state index is 0.262. The smallest absolute Gasteiger partial charge is 0.222 e. The molecule has 2 aromatic rings. The molecule has 0 bridgehead atoms. The normalized spacial score (nSPS) is 18.8. The Morgan fingerprint density at radius 1 is 1.56 bits per heavy atom. The van der Waals surface area contributed by atoms with Gasteiger partial charge in [0, 0.05) is 11.4 Å². The molecule has 1 aliphatic rings. The van der Waals surface area contributed by atoms with Gasteiger partial charge in [0.2, 0.25) is 5.95 Å². The molecule has 6 heteroatoms. The van der Waals surface area contributed by atoms with Crippen LogP contribution in [0, 0.1) is 0 Å². The third-order valence-electron chi connectivity index (χ3n) is 3.29. The number of nitrogen functional groups attached to an aromatic ring is 1. The summed E-state index contributed by atoms with van der Waals surface area (Å²) in [6.07, 6.45) is 2.59. The van der Waals surface area contributed by atoms with Crippen LogP contribution in [0.15, 0.2) is 17.6 Å². The molecule has 0 spiro atoms. The van der Waals surface area contributed by atoms with E-state index in [4.69, 9.17) is 17.3 Å². The number of thiophene rings is 1. The lowest BCUT2D eigenvalue weighted by Crippen LogP contribution is -2.34. The van der Waals surface area contributed by atoms with Crippen LogP contribution in [0.2, 0.25) is 5.02 Å². The predicted octanol–water partition coefficient (Wildman–Crippen LogP) is 2.90. The summed E-state index contributed by atoms with van der Waals surface area (Å²) in [4.78, 5) is 11.8. The number of aromatic nitrogens is 2. The highest BCUT2D eigenvalue weighted by Crippen LogP contribution is 2.37. The van der Waals surface area contributed by atoms with Crippen LogP contribution >= 0.6 is 22.9 Å². The molecule has 2 N–H and O–H groups in total. The third-order valence-corrected chi connectivity index (χ3v) is 4.56. The Balaban J connectivity index is 2.01. The molecule has 4 nitrogen and oxygen atoms in total. The van der Waals surface area contributed by atoms with E-state index in [0.29, 0.717) is 5.02 Å². The van der Waals surface area contributed by atoms with Gasteiger partial charge < -0.3 is 10.6 Å². The van der Waals surface area contributed by atoms with Gasteiger partial charge in [-0.2, -0.15) is 4.98 Å². The van der Waals surface area contributed by atoms with E-state index in [2.05, 4.69) is 33.2 Å². The average Bonchev–Trinajstić information content (AvgIpc) is 2.82. The largest absolute Gasteiger partial charge is 0.368 e. The van der Waals surface area contributed by atoms with Gasteiger partial charge in [-0.15, -0.1) is 11.3 Å². The summed E-state index contributed by atoms with van der Waals surface area (Å²) < 4.78 is 0.